The Morgan fingerprint density at radius 3 is 2.70 bits per heavy atom. The van der Waals surface area contributed by atoms with Gasteiger partial charge in [0.05, 0.1) is 28.5 Å². The van der Waals surface area contributed by atoms with E-state index in [0.29, 0.717) is 5.56 Å². The summed E-state index contributed by atoms with van der Waals surface area (Å²) in [4.78, 5) is 37.3. The van der Waals surface area contributed by atoms with Crippen molar-refractivity contribution in [3.05, 3.63) is 46.0 Å². The van der Waals surface area contributed by atoms with Crippen molar-refractivity contribution in [2.45, 2.75) is 25.6 Å². The maximum Gasteiger partial charge on any atom is 0.293 e. The number of hydrogen-bond donors (Lipinski definition) is 0. The Kier molecular flexibility index (Phi) is 2.61. The first-order valence-electron chi connectivity index (χ1n) is 7.33. The number of rotatable bonds is 2. The van der Waals surface area contributed by atoms with E-state index in [1.165, 1.54) is 12.1 Å². The van der Waals surface area contributed by atoms with Gasteiger partial charge in [-0.3, -0.25) is 19.7 Å². The number of fused-ring (bicyclic) bond motifs is 5. The van der Waals surface area contributed by atoms with Gasteiger partial charge in [-0.2, -0.15) is 0 Å². The molecule has 4 rings (SSSR count). The number of amides is 2. The third-order valence-corrected chi connectivity index (χ3v) is 4.90. The number of imide groups is 1. The van der Waals surface area contributed by atoms with Gasteiger partial charge in [0, 0.05) is 6.07 Å². The van der Waals surface area contributed by atoms with Crippen molar-refractivity contribution in [1.82, 2.24) is 0 Å². The van der Waals surface area contributed by atoms with Crippen LogP contribution in [0.1, 0.15) is 12.5 Å². The highest BCUT2D eigenvalue weighted by atomic mass is 16.6. The molecule has 1 aromatic rings. The smallest absolute Gasteiger partial charge is 0.293 e. The number of nitro groups is 1. The summed E-state index contributed by atoms with van der Waals surface area (Å²) in [5, 5.41) is 11.3. The van der Waals surface area contributed by atoms with Gasteiger partial charge in [-0.1, -0.05) is 18.2 Å². The zero-order valence-corrected chi connectivity index (χ0v) is 12.6. The summed E-state index contributed by atoms with van der Waals surface area (Å²) in [6.07, 6.45) is 3.16. The fourth-order valence-electron chi connectivity index (χ4n) is 3.86. The molecule has 2 saturated heterocycles. The van der Waals surface area contributed by atoms with Crippen molar-refractivity contribution in [1.29, 1.82) is 0 Å². The van der Waals surface area contributed by atoms with E-state index in [4.69, 9.17) is 4.74 Å². The molecule has 23 heavy (non-hydrogen) atoms. The quantitative estimate of drug-likeness (QED) is 0.359. The van der Waals surface area contributed by atoms with E-state index in [0.717, 1.165) is 4.90 Å². The number of anilines is 1. The van der Waals surface area contributed by atoms with Crippen molar-refractivity contribution in [3.8, 4) is 0 Å². The highest BCUT2D eigenvalue weighted by molar-refractivity contribution is 6.24. The average Bonchev–Trinajstić information content (AvgIpc) is 3.09. The number of benzene rings is 1. The molecule has 2 amide bonds. The van der Waals surface area contributed by atoms with E-state index >= 15 is 0 Å². The van der Waals surface area contributed by atoms with Gasteiger partial charge >= 0.3 is 0 Å². The Balaban J connectivity index is 1.83. The second-order valence-corrected chi connectivity index (χ2v) is 6.39. The lowest BCUT2D eigenvalue weighted by atomic mass is 9.78. The molecule has 0 saturated carbocycles. The van der Waals surface area contributed by atoms with Crippen LogP contribution in [0.5, 0.6) is 0 Å². The maximum atomic E-state index is 12.8. The Hall–Kier alpha value is -2.54. The van der Waals surface area contributed by atoms with E-state index in [1.807, 2.05) is 0 Å². The molecule has 7 heteroatoms. The van der Waals surface area contributed by atoms with Crippen LogP contribution in [0.3, 0.4) is 0 Å². The molecule has 0 aromatic heterocycles. The van der Waals surface area contributed by atoms with Crippen LogP contribution < -0.4 is 4.90 Å². The number of carbonyl (C=O) groups is 2. The molecule has 0 unspecified atom stereocenters. The Labute approximate surface area is 131 Å². The highest BCUT2D eigenvalue weighted by Gasteiger charge is 2.66. The summed E-state index contributed by atoms with van der Waals surface area (Å²) < 4.78 is 5.74. The molecule has 3 aliphatic heterocycles. The van der Waals surface area contributed by atoms with Gasteiger partial charge < -0.3 is 4.74 Å². The van der Waals surface area contributed by atoms with Crippen LogP contribution in [0.25, 0.3) is 0 Å². The lowest BCUT2D eigenvalue weighted by Gasteiger charge is -2.24. The zero-order chi connectivity index (χ0) is 16.5. The molecule has 2 fully saturated rings. The van der Waals surface area contributed by atoms with Gasteiger partial charge in [-0.25, -0.2) is 4.90 Å². The minimum absolute atomic E-state index is 0.0352. The van der Waals surface area contributed by atoms with Crippen LogP contribution in [-0.4, -0.2) is 28.4 Å². The number of carbonyl (C=O) groups excluding carboxylic acids is 2. The van der Waals surface area contributed by atoms with Crippen molar-refractivity contribution in [3.63, 3.8) is 0 Å². The molecular weight excluding hydrogens is 300 g/mol. The molecule has 7 nitrogen and oxygen atoms in total. The van der Waals surface area contributed by atoms with Crippen LogP contribution in [0.4, 0.5) is 11.4 Å². The van der Waals surface area contributed by atoms with Gasteiger partial charge in [0.1, 0.15) is 5.69 Å². The molecule has 0 aliphatic carbocycles. The van der Waals surface area contributed by atoms with Gasteiger partial charge in [0.2, 0.25) is 11.8 Å². The minimum Gasteiger partial charge on any atom is -0.362 e. The molecule has 0 spiro atoms. The fourth-order valence-corrected chi connectivity index (χ4v) is 3.86. The Morgan fingerprint density at radius 2 is 2.04 bits per heavy atom. The summed E-state index contributed by atoms with van der Waals surface area (Å²) in [7, 11) is 0. The summed E-state index contributed by atoms with van der Waals surface area (Å²) in [6, 6.07) is 4.49. The number of nitro benzene ring substituents is 1. The van der Waals surface area contributed by atoms with Crippen molar-refractivity contribution < 1.29 is 19.2 Å². The third kappa shape index (κ3) is 1.68. The third-order valence-electron chi connectivity index (χ3n) is 4.90. The predicted octanol–water partition coefficient (Wildman–Crippen LogP) is 1.74. The lowest BCUT2D eigenvalue weighted by molar-refractivity contribution is -0.384. The Bertz CT molecular complexity index is 802. The van der Waals surface area contributed by atoms with E-state index in [9.17, 15) is 19.7 Å². The van der Waals surface area contributed by atoms with Crippen molar-refractivity contribution in [2.75, 3.05) is 4.90 Å². The molecule has 3 aliphatic rings. The zero-order valence-electron chi connectivity index (χ0n) is 12.6. The van der Waals surface area contributed by atoms with Crippen LogP contribution in [0, 0.1) is 28.9 Å². The lowest BCUT2D eigenvalue weighted by Crippen LogP contribution is -2.38. The van der Waals surface area contributed by atoms with Crippen LogP contribution in [-0.2, 0) is 14.3 Å². The van der Waals surface area contributed by atoms with Crippen LogP contribution in [0.2, 0.25) is 0 Å². The first kappa shape index (κ1) is 14.1. The molecule has 0 N–H and O–H groups in total. The monoisotopic (exact) mass is 314 g/mol. The van der Waals surface area contributed by atoms with Crippen LogP contribution >= 0.6 is 0 Å². The summed E-state index contributed by atoms with van der Waals surface area (Å²) in [5.41, 5.74) is -0.320. The van der Waals surface area contributed by atoms with E-state index in [1.54, 1.807) is 32.1 Å². The average molecular weight is 314 g/mol. The van der Waals surface area contributed by atoms with Gasteiger partial charge in [0.25, 0.3) is 5.69 Å². The number of nitrogens with zero attached hydrogens (tertiary/aromatic N) is 2. The summed E-state index contributed by atoms with van der Waals surface area (Å²) in [6.45, 7) is 3.49. The molecule has 3 heterocycles. The van der Waals surface area contributed by atoms with E-state index < -0.39 is 40.3 Å². The largest absolute Gasteiger partial charge is 0.362 e. The van der Waals surface area contributed by atoms with Gasteiger partial charge in [-0.05, 0) is 25.5 Å². The minimum atomic E-state index is -0.809. The molecule has 1 aromatic carbocycles. The van der Waals surface area contributed by atoms with Crippen LogP contribution in [0.15, 0.2) is 30.4 Å². The molecule has 118 valence electrons. The first-order valence-corrected chi connectivity index (χ1v) is 7.33. The normalized spacial score (nSPS) is 34.3. The molecular formula is C16H14N2O5. The number of hydrogen-bond acceptors (Lipinski definition) is 5. The second kappa shape index (κ2) is 4.26. The second-order valence-electron chi connectivity index (χ2n) is 6.39. The fraction of sp³-hybridized carbons (Fsp3) is 0.375. The van der Waals surface area contributed by atoms with Gasteiger partial charge in [0.15, 0.2) is 0 Å². The predicted molar refractivity (Wildman–Crippen MR) is 79.7 cm³/mol. The highest BCUT2D eigenvalue weighted by Crippen LogP contribution is 2.52. The molecule has 4 atom stereocenters. The SMILES string of the molecule is Cc1ccc(N2C(=O)[C@H]3[C@@H]4C=C[C@@](C)(O4)[C@@H]3C2=O)c([N+](=O)[O-])c1. The van der Waals surface area contributed by atoms with E-state index in [-0.39, 0.29) is 11.4 Å². The summed E-state index contributed by atoms with van der Waals surface area (Å²) in [5.74, 6) is -2.07. The van der Waals surface area contributed by atoms with Gasteiger partial charge in [-0.15, -0.1) is 0 Å². The topological polar surface area (TPSA) is 89.8 Å². The van der Waals surface area contributed by atoms with E-state index in [2.05, 4.69) is 0 Å². The van der Waals surface area contributed by atoms with Crippen molar-refractivity contribution >= 4 is 23.2 Å². The van der Waals surface area contributed by atoms with Crippen molar-refractivity contribution in [2.24, 2.45) is 11.8 Å². The molecule has 2 bridgehead atoms. The number of aryl methyl sites for hydroxylation is 1. The standard InChI is InChI=1S/C16H14N2O5/c1-8-3-4-9(10(7-8)18(21)22)17-14(19)12-11-5-6-16(2,23-11)13(12)15(17)20/h3-7,11-13H,1-2H3/t11-,12-,13-,16+/m0/s1. The maximum absolute atomic E-state index is 12.8. The first-order chi connectivity index (χ1) is 10.8. The number of ether oxygens (including phenoxy) is 1. The Morgan fingerprint density at radius 1 is 1.30 bits per heavy atom. The summed E-state index contributed by atoms with van der Waals surface area (Å²) >= 11 is 0. The molecule has 0 radical (unpaired) electrons.